The summed E-state index contributed by atoms with van der Waals surface area (Å²) in [7, 11) is 0. The minimum absolute atomic E-state index is 0.0257. The van der Waals surface area contributed by atoms with Gasteiger partial charge in [0.25, 0.3) is 0 Å². The quantitative estimate of drug-likeness (QED) is 0.368. The van der Waals surface area contributed by atoms with Gasteiger partial charge in [0.1, 0.15) is 18.1 Å². The number of aliphatic carboxylic acids is 3. The Balaban J connectivity index is 0.00000436. The molecule has 1 rings (SSSR count). The van der Waals surface area contributed by atoms with E-state index in [1.807, 2.05) is 20.8 Å². The first-order chi connectivity index (χ1) is 14.6. The molecule has 0 fully saturated rings. The second kappa shape index (κ2) is 14.9. The van der Waals surface area contributed by atoms with Crippen molar-refractivity contribution in [2.75, 3.05) is 31.1 Å². The molecule has 1 aromatic rings. The van der Waals surface area contributed by atoms with Gasteiger partial charge in [-0.05, 0) is 18.6 Å². The molecule has 0 aliphatic heterocycles. The summed E-state index contributed by atoms with van der Waals surface area (Å²) in [5.41, 5.74) is 0.181. The number of carbonyl (C=O) groups is 4. The van der Waals surface area contributed by atoms with E-state index < -0.39 is 43.6 Å². The molecule has 0 bridgehead atoms. The molecule has 1 aromatic heterocycles. The molecule has 0 aromatic carbocycles. The van der Waals surface area contributed by atoms with Crippen molar-refractivity contribution in [1.29, 1.82) is 0 Å². The van der Waals surface area contributed by atoms with Crippen LogP contribution >= 0.6 is 0 Å². The third kappa shape index (κ3) is 11.1. The van der Waals surface area contributed by atoms with Gasteiger partial charge in [0.15, 0.2) is 5.78 Å². The van der Waals surface area contributed by atoms with Crippen molar-refractivity contribution in [3.8, 4) is 0 Å². The number of rotatable bonds is 14. The van der Waals surface area contributed by atoms with Crippen molar-refractivity contribution in [3.05, 3.63) is 23.9 Å². The second-order valence-corrected chi connectivity index (χ2v) is 6.71. The summed E-state index contributed by atoms with van der Waals surface area (Å²) in [6.45, 7) is 5.94. The summed E-state index contributed by atoms with van der Waals surface area (Å²) >= 11 is 0. The lowest BCUT2D eigenvalue weighted by molar-refractivity contribution is -0.142. The van der Waals surface area contributed by atoms with Crippen molar-refractivity contribution in [2.45, 2.75) is 53.0 Å². The molecule has 0 saturated carbocycles. The molecular weight excluding hydrogens is 406 g/mol. The van der Waals surface area contributed by atoms with Gasteiger partial charge in [-0.1, -0.05) is 39.7 Å². The van der Waals surface area contributed by atoms with E-state index in [9.17, 15) is 24.3 Å². The first-order valence-electron chi connectivity index (χ1n) is 10.3. The summed E-state index contributed by atoms with van der Waals surface area (Å²) in [5.74, 6) is -3.48. The number of carboxylic acids is 3. The Morgan fingerprint density at radius 3 is 1.97 bits per heavy atom. The monoisotopic (exact) mass is 439 g/mol. The summed E-state index contributed by atoms with van der Waals surface area (Å²) in [5, 5.41) is 27.6. The molecule has 0 spiro atoms. The molecule has 0 aliphatic carbocycles. The number of Topliss-reactive ketones (excluding diaryl/α,β-unsaturated/α-hetero) is 1. The van der Waals surface area contributed by atoms with Crippen LogP contribution in [-0.4, -0.2) is 81.1 Å². The Morgan fingerprint density at radius 1 is 0.968 bits per heavy atom. The Morgan fingerprint density at radius 2 is 1.52 bits per heavy atom. The van der Waals surface area contributed by atoms with E-state index in [0.717, 1.165) is 12.8 Å². The molecule has 0 amide bonds. The fourth-order valence-corrected chi connectivity index (χ4v) is 2.97. The van der Waals surface area contributed by atoms with Crippen molar-refractivity contribution in [3.63, 3.8) is 0 Å². The molecule has 31 heavy (non-hydrogen) atoms. The maximum atomic E-state index is 11.7. The van der Waals surface area contributed by atoms with Gasteiger partial charge in [-0.15, -0.1) is 0 Å². The van der Waals surface area contributed by atoms with Crippen LogP contribution in [0.15, 0.2) is 18.2 Å². The number of pyridine rings is 1. The van der Waals surface area contributed by atoms with Gasteiger partial charge in [-0.25, -0.2) is 4.98 Å². The fourth-order valence-electron chi connectivity index (χ4n) is 2.97. The predicted molar refractivity (Wildman–Crippen MR) is 116 cm³/mol. The number of carbonyl (C=O) groups excluding carboxylic acids is 1. The number of unbranched alkanes of at least 4 members (excludes halogenated alkanes) is 1. The first-order valence-corrected chi connectivity index (χ1v) is 10.3. The minimum atomic E-state index is -1.18. The number of carboxylic acid groups (broad SMARTS) is 3. The highest BCUT2D eigenvalue weighted by Gasteiger charge is 2.26. The highest BCUT2D eigenvalue weighted by molar-refractivity contribution is 5.92. The van der Waals surface area contributed by atoms with E-state index in [0.29, 0.717) is 6.42 Å². The van der Waals surface area contributed by atoms with Crippen molar-refractivity contribution in [1.82, 2.24) is 9.88 Å². The topological polar surface area (TPSA) is 148 Å². The third-order valence-electron chi connectivity index (χ3n) is 4.21. The molecule has 1 unspecified atom stereocenters. The SMILES string of the molecule is CC.CCCCC(CN(CC(=O)O)CC(=O)O)N(CC(=O)O)c1cccc(C(C)=O)n1. The average molecular weight is 440 g/mol. The number of aromatic nitrogens is 1. The summed E-state index contributed by atoms with van der Waals surface area (Å²) < 4.78 is 0. The van der Waals surface area contributed by atoms with Gasteiger partial charge in [0.2, 0.25) is 0 Å². The number of nitrogens with zero attached hydrogens (tertiary/aromatic N) is 3. The number of ketones is 1. The maximum Gasteiger partial charge on any atom is 0.323 e. The Labute approximate surface area is 182 Å². The normalized spacial score (nSPS) is 11.3. The Hall–Kier alpha value is -3.01. The van der Waals surface area contributed by atoms with Gasteiger partial charge < -0.3 is 20.2 Å². The van der Waals surface area contributed by atoms with Gasteiger partial charge >= 0.3 is 17.9 Å². The number of anilines is 1. The summed E-state index contributed by atoms with van der Waals surface area (Å²) in [6, 6.07) is 4.19. The lowest BCUT2D eigenvalue weighted by atomic mass is 10.1. The highest BCUT2D eigenvalue weighted by Crippen LogP contribution is 2.20. The number of hydrogen-bond donors (Lipinski definition) is 3. The predicted octanol–water partition coefficient (Wildman–Crippen LogP) is 2.23. The van der Waals surface area contributed by atoms with Gasteiger partial charge in [-0.3, -0.25) is 24.1 Å². The van der Waals surface area contributed by atoms with E-state index in [1.165, 1.54) is 22.8 Å². The van der Waals surface area contributed by atoms with E-state index >= 15 is 0 Å². The van der Waals surface area contributed by atoms with Crippen molar-refractivity contribution >= 4 is 29.5 Å². The zero-order valence-electron chi connectivity index (χ0n) is 18.6. The summed E-state index contributed by atoms with van der Waals surface area (Å²) in [6.07, 6.45) is 2.04. The van der Waals surface area contributed by atoms with E-state index in [1.54, 1.807) is 12.1 Å². The van der Waals surface area contributed by atoms with Gasteiger partial charge in [0.05, 0.1) is 13.1 Å². The maximum absolute atomic E-state index is 11.7. The molecule has 10 nitrogen and oxygen atoms in total. The van der Waals surface area contributed by atoms with Crippen LogP contribution < -0.4 is 4.90 Å². The smallest absolute Gasteiger partial charge is 0.323 e. The lowest BCUT2D eigenvalue weighted by Gasteiger charge is -2.35. The number of hydrogen-bond acceptors (Lipinski definition) is 7. The average Bonchev–Trinajstić information content (AvgIpc) is 2.69. The van der Waals surface area contributed by atoms with Crippen LogP contribution in [0.3, 0.4) is 0 Å². The van der Waals surface area contributed by atoms with Crippen LogP contribution in [0.4, 0.5) is 5.82 Å². The zero-order valence-corrected chi connectivity index (χ0v) is 18.6. The van der Waals surface area contributed by atoms with Crippen molar-refractivity contribution in [2.24, 2.45) is 0 Å². The molecule has 174 valence electrons. The van der Waals surface area contributed by atoms with Crippen LogP contribution in [0, 0.1) is 0 Å². The van der Waals surface area contributed by atoms with Gasteiger partial charge in [-0.2, -0.15) is 0 Å². The van der Waals surface area contributed by atoms with Crippen LogP contribution in [0.2, 0.25) is 0 Å². The summed E-state index contributed by atoms with van der Waals surface area (Å²) in [4.78, 5) is 52.4. The molecule has 0 radical (unpaired) electrons. The molecule has 0 saturated heterocycles. The zero-order chi connectivity index (χ0) is 24.0. The molecule has 1 atom stereocenters. The second-order valence-electron chi connectivity index (χ2n) is 6.71. The van der Waals surface area contributed by atoms with Crippen LogP contribution in [0.1, 0.15) is 57.4 Å². The Kier molecular flexibility index (Phi) is 13.4. The lowest BCUT2D eigenvalue weighted by Crippen LogP contribution is -2.49. The molecule has 3 N–H and O–H groups in total. The largest absolute Gasteiger partial charge is 0.480 e. The standard InChI is InChI=1S/C19H27N3O7.C2H6/c1-3-4-6-14(9-21(10-17(24)25)11-18(26)27)22(12-19(28)29)16-8-5-7-15(20-16)13(2)23;1-2/h5,7-8,14H,3-4,6,9-12H2,1-2H3,(H,24,25)(H,26,27)(H,28,29);1-2H3. The van der Waals surface area contributed by atoms with E-state index in [4.69, 9.17) is 10.2 Å². The Bertz CT molecular complexity index is 723. The van der Waals surface area contributed by atoms with Crippen LogP contribution in [0.5, 0.6) is 0 Å². The van der Waals surface area contributed by atoms with E-state index in [2.05, 4.69) is 4.98 Å². The molecule has 1 heterocycles. The van der Waals surface area contributed by atoms with Crippen molar-refractivity contribution < 1.29 is 34.5 Å². The van der Waals surface area contributed by atoms with Crippen LogP contribution in [0.25, 0.3) is 0 Å². The first kappa shape index (κ1) is 28.0. The minimum Gasteiger partial charge on any atom is -0.480 e. The van der Waals surface area contributed by atoms with Gasteiger partial charge in [0, 0.05) is 19.5 Å². The fraction of sp³-hybridized carbons (Fsp3) is 0.571. The molecule has 10 heteroatoms. The highest BCUT2D eigenvalue weighted by atomic mass is 16.4. The molecule has 0 aliphatic rings. The van der Waals surface area contributed by atoms with E-state index in [-0.39, 0.29) is 23.8 Å². The molecular formula is C21H33N3O7. The third-order valence-corrected chi connectivity index (χ3v) is 4.21. The van der Waals surface area contributed by atoms with Crippen LogP contribution in [-0.2, 0) is 14.4 Å².